The summed E-state index contributed by atoms with van der Waals surface area (Å²) in [5, 5.41) is 4.85. The monoisotopic (exact) mass is 304 g/mol. The zero-order valence-electron chi connectivity index (χ0n) is 10.3. The Labute approximate surface area is 116 Å². The van der Waals surface area contributed by atoms with Gasteiger partial charge in [-0.3, -0.25) is 4.98 Å². The van der Waals surface area contributed by atoms with Gasteiger partial charge in [0, 0.05) is 28.6 Å². The van der Waals surface area contributed by atoms with E-state index in [4.69, 9.17) is 0 Å². The number of halogens is 1. The number of hydrogen-bond acceptors (Lipinski definition) is 2. The minimum Gasteiger partial charge on any atom is -0.310 e. The van der Waals surface area contributed by atoms with Crippen LogP contribution in [0, 0.1) is 0 Å². The molecule has 0 unspecified atom stereocenters. The summed E-state index contributed by atoms with van der Waals surface area (Å²) < 4.78 is 1.12. The second-order valence-electron chi connectivity index (χ2n) is 4.97. The summed E-state index contributed by atoms with van der Waals surface area (Å²) >= 11 is 3.59. The van der Waals surface area contributed by atoms with Crippen LogP contribution in [0.15, 0.2) is 34.9 Å². The van der Waals surface area contributed by atoms with Gasteiger partial charge in [-0.05, 0) is 30.5 Å². The van der Waals surface area contributed by atoms with Crippen molar-refractivity contribution in [1.82, 2.24) is 10.3 Å². The molecule has 94 valence electrons. The van der Waals surface area contributed by atoms with Gasteiger partial charge in [0.15, 0.2) is 0 Å². The average Bonchev–Trinajstić information content (AvgIpc) is 2.92. The fourth-order valence-electron chi connectivity index (χ4n) is 2.72. The molecule has 0 bridgehead atoms. The van der Waals surface area contributed by atoms with Crippen molar-refractivity contribution in [3.05, 3.63) is 40.5 Å². The topological polar surface area (TPSA) is 24.9 Å². The molecule has 1 saturated carbocycles. The molecule has 0 saturated heterocycles. The summed E-state index contributed by atoms with van der Waals surface area (Å²) in [5.74, 6) is 0. The maximum absolute atomic E-state index is 4.52. The van der Waals surface area contributed by atoms with E-state index in [1.165, 1.54) is 36.6 Å². The van der Waals surface area contributed by atoms with Crippen molar-refractivity contribution in [3.8, 4) is 0 Å². The van der Waals surface area contributed by atoms with E-state index in [1.807, 2.05) is 12.3 Å². The Morgan fingerprint density at radius 1 is 1.22 bits per heavy atom. The Kier molecular flexibility index (Phi) is 3.62. The molecule has 1 aromatic heterocycles. The van der Waals surface area contributed by atoms with Crippen LogP contribution in [-0.4, -0.2) is 11.0 Å². The second kappa shape index (κ2) is 5.37. The highest BCUT2D eigenvalue weighted by Crippen LogP contribution is 2.25. The van der Waals surface area contributed by atoms with Crippen molar-refractivity contribution in [2.45, 2.75) is 38.3 Å². The van der Waals surface area contributed by atoms with E-state index < -0.39 is 0 Å². The van der Waals surface area contributed by atoms with Crippen molar-refractivity contribution < 1.29 is 0 Å². The van der Waals surface area contributed by atoms with Gasteiger partial charge in [0.25, 0.3) is 0 Å². The third-order valence-corrected chi connectivity index (χ3v) is 4.43. The molecule has 1 aromatic carbocycles. The van der Waals surface area contributed by atoms with Crippen LogP contribution in [-0.2, 0) is 6.54 Å². The van der Waals surface area contributed by atoms with Gasteiger partial charge < -0.3 is 5.32 Å². The number of rotatable bonds is 3. The van der Waals surface area contributed by atoms with Crippen molar-refractivity contribution in [3.63, 3.8) is 0 Å². The lowest BCUT2D eigenvalue weighted by molar-refractivity contribution is 0.525. The molecule has 0 spiro atoms. The number of fused-ring (bicyclic) bond motifs is 1. The van der Waals surface area contributed by atoms with E-state index >= 15 is 0 Å². The SMILES string of the molecule is Brc1ccc(CNC2CCCC2)c2ncccc12. The van der Waals surface area contributed by atoms with Gasteiger partial charge in [0.2, 0.25) is 0 Å². The molecule has 2 nitrogen and oxygen atoms in total. The number of nitrogens with one attached hydrogen (secondary N) is 1. The lowest BCUT2D eigenvalue weighted by Crippen LogP contribution is -2.25. The molecule has 1 aliphatic carbocycles. The second-order valence-corrected chi connectivity index (χ2v) is 5.82. The number of pyridine rings is 1. The molecule has 1 heterocycles. The van der Waals surface area contributed by atoms with Crippen molar-refractivity contribution in [2.75, 3.05) is 0 Å². The minimum atomic E-state index is 0.701. The normalized spacial score (nSPS) is 16.5. The van der Waals surface area contributed by atoms with Crippen LogP contribution in [0.1, 0.15) is 31.2 Å². The highest BCUT2D eigenvalue weighted by atomic mass is 79.9. The lowest BCUT2D eigenvalue weighted by atomic mass is 10.1. The van der Waals surface area contributed by atoms with Gasteiger partial charge in [-0.25, -0.2) is 0 Å². The van der Waals surface area contributed by atoms with Crippen molar-refractivity contribution in [2.24, 2.45) is 0 Å². The Bertz CT molecular complexity index is 547. The Morgan fingerprint density at radius 2 is 2.06 bits per heavy atom. The predicted octanol–water partition coefficient (Wildman–Crippen LogP) is 4.03. The Balaban J connectivity index is 1.85. The molecule has 1 aliphatic rings. The summed E-state index contributed by atoms with van der Waals surface area (Å²) in [6.45, 7) is 0.922. The largest absolute Gasteiger partial charge is 0.310 e. The molecular weight excluding hydrogens is 288 g/mol. The molecular formula is C15H17BrN2. The molecule has 3 heteroatoms. The zero-order chi connectivity index (χ0) is 12.4. The summed E-state index contributed by atoms with van der Waals surface area (Å²) in [7, 11) is 0. The van der Waals surface area contributed by atoms with Crippen LogP contribution in [0.4, 0.5) is 0 Å². The molecule has 0 amide bonds. The van der Waals surface area contributed by atoms with Crippen LogP contribution in [0.5, 0.6) is 0 Å². The van der Waals surface area contributed by atoms with Gasteiger partial charge >= 0.3 is 0 Å². The fraction of sp³-hybridized carbons (Fsp3) is 0.400. The van der Waals surface area contributed by atoms with E-state index in [2.05, 4.69) is 44.4 Å². The van der Waals surface area contributed by atoms with Gasteiger partial charge in [-0.1, -0.05) is 40.9 Å². The smallest absolute Gasteiger partial charge is 0.0758 e. The minimum absolute atomic E-state index is 0.701. The van der Waals surface area contributed by atoms with E-state index in [0.29, 0.717) is 6.04 Å². The van der Waals surface area contributed by atoms with E-state index in [-0.39, 0.29) is 0 Å². The van der Waals surface area contributed by atoms with Crippen molar-refractivity contribution in [1.29, 1.82) is 0 Å². The van der Waals surface area contributed by atoms with Gasteiger partial charge in [-0.15, -0.1) is 0 Å². The average molecular weight is 305 g/mol. The molecule has 0 radical (unpaired) electrons. The maximum atomic E-state index is 4.52. The first-order valence-corrected chi connectivity index (χ1v) is 7.39. The van der Waals surface area contributed by atoms with Crippen LogP contribution in [0.2, 0.25) is 0 Å². The summed E-state index contributed by atoms with van der Waals surface area (Å²) in [4.78, 5) is 4.52. The summed E-state index contributed by atoms with van der Waals surface area (Å²) in [6, 6.07) is 9.09. The quantitative estimate of drug-likeness (QED) is 0.926. The van der Waals surface area contributed by atoms with Crippen molar-refractivity contribution >= 4 is 26.8 Å². The first-order valence-electron chi connectivity index (χ1n) is 6.60. The zero-order valence-corrected chi connectivity index (χ0v) is 11.9. The molecule has 0 atom stereocenters. The van der Waals surface area contributed by atoms with Crippen LogP contribution in [0.3, 0.4) is 0 Å². The molecule has 2 aromatic rings. The fourth-order valence-corrected chi connectivity index (χ4v) is 3.18. The molecule has 1 N–H and O–H groups in total. The third kappa shape index (κ3) is 2.43. The number of benzene rings is 1. The van der Waals surface area contributed by atoms with Gasteiger partial charge in [0.1, 0.15) is 0 Å². The first-order chi connectivity index (χ1) is 8.84. The van der Waals surface area contributed by atoms with Crippen LogP contribution in [0.25, 0.3) is 10.9 Å². The van der Waals surface area contributed by atoms with Crippen LogP contribution < -0.4 is 5.32 Å². The predicted molar refractivity (Wildman–Crippen MR) is 78.5 cm³/mol. The lowest BCUT2D eigenvalue weighted by Gasteiger charge is -2.13. The van der Waals surface area contributed by atoms with Gasteiger partial charge in [0.05, 0.1) is 5.52 Å². The molecule has 1 fully saturated rings. The van der Waals surface area contributed by atoms with Gasteiger partial charge in [-0.2, -0.15) is 0 Å². The standard InChI is InChI=1S/C15H17BrN2/c16-14-8-7-11(10-18-12-4-1-2-5-12)15-13(14)6-3-9-17-15/h3,6-9,12,18H,1-2,4-5,10H2. The first kappa shape index (κ1) is 12.1. The summed E-state index contributed by atoms with van der Waals surface area (Å²) in [6.07, 6.45) is 7.26. The molecule has 18 heavy (non-hydrogen) atoms. The highest BCUT2D eigenvalue weighted by Gasteiger charge is 2.14. The van der Waals surface area contributed by atoms with Crippen LogP contribution >= 0.6 is 15.9 Å². The number of nitrogens with zero attached hydrogens (tertiary/aromatic N) is 1. The Morgan fingerprint density at radius 3 is 2.89 bits per heavy atom. The number of hydrogen-bond donors (Lipinski definition) is 1. The highest BCUT2D eigenvalue weighted by molar-refractivity contribution is 9.10. The summed E-state index contributed by atoms with van der Waals surface area (Å²) in [5.41, 5.74) is 2.40. The molecule has 3 rings (SSSR count). The maximum Gasteiger partial charge on any atom is 0.0758 e. The Hall–Kier alpha value is -0.930. The molecule has 0 aliphatic heterocycles. The van der Waals surface area contributed by atoms with E-state index in [0.717, 1.165) is 16.5 Å². The van der Waals surface area contributed by atoms with E-state index in [9.17, 15) is 0 Å². The van der Waals surface area contributed by atoms with E-state index in [1.54, 1.807) is 0 Å². The third-order valence-electron chi connectivity index (χ3n) is 3.74. The number of aromatic nitrogens is 1.